The molecule has 1 N–H and O–H groups in total. The van der Waals surface area contributed by atoms with Gasteiger partial charge in [0.15, 0.2) is 11.5 Å². The molecular formula is C23H18FN7O. The number of rotatable bonds is 5. The highest BCUT2D eigenvalue weighted by atomic mass is 19.1. The number of aryl methyl sites for hydroxylation is 1. The molecule has 0 aliphatic rings. The molecule has 8 nitrogen and oxygen atoms in total. The molecule has 4 heterocycles. The van der Waals surface area contributed by atoms with Crippen LogP contribution < -0.4 is 5.32 Å². The van der Waals surface area contributed by atoms with Crippen LogP contribution in [0.1, 0.15) is 11.4 Å². The van der Waals surface area contributed by atoms with Crippen LogP contribution >= 0.6 is 0 Å². The van der Waals surface area contributed by atoms with Crippen LogP contribution in [0, 0.1) is 12.7 Å². The molecule has 0 aliphatic heterocycles. The summed E-state index contributed by atoms with van der Waals surface area (Å²) in [6.45, 7) is 1.91. The molecule has 0 unspecified atom stereocenters. The van der Waals surface area contributed by atoms with E-state index in [1.165, 1.54) is 30.6 Å². The lowest BCUT2D eigenvalue weighted by Crippen LogP contribution is -2.15. The van der Waals surface area contributed by atoms with Gasteiger partial charge in [-0.25, -0.2) is 23.6 Å². The van der Waals surface area contributed by atoms with Crippen molar-refractivity contribution in [1.29, 1.82) is 0 Å². The number of anilines is 1. The fourth-order valence-electron chi connectivity index (χ4n) is 3.41. The number of carbonyl (C=O) groups excluding carboxylic acids is 1. The van der Waals surface area contributed by atoms with Crippen LogP contribution in [0.25, 0.3) is 22.7 Å². The Morgan fingerprint density at radius 3 is 2.75 bits per heavy atom. The van der Waals surface area contributed by atoms with E-state index in [0.29, 0.717) is 17.2 Å². The van der Waals surface area contributed by atoms with Crippen molar-refractivity contribution in [2.24, 2.45) is 0 Å². The second kappa shape index (κ2) is 8.03. The maximum absolute atomic E-state index is 13.1. The molecule has 0 bridgehead atoms. The van der Waals surface area contributed by atoms with Crippen molar-refractivity contribution in [1.82, 2.24) is 29.4 Å². The first-order chi connectivity index (χ1) is 15.5. The molecule has 0 radical (unpaired) electrons. The Bertz CT molecular complexity index is 1420. The molecule has 0 aliphatic carbocycles. The van der Waals surface area contributed by atoms with E-state index in [0.717, 1.165) is 22.6 Å². The molecule has 32 heavy (non-hydrogen) atoms. The minimum Gasteiger partial charge on any atom is -0.326 e. The van der Waals surface area contributed by atoms with Crippen molar-refractivity contribution in [2.75, 3.05) is 5.32 Å². The van der Waals surface area contributed by atoms with Crippen LogP contribution in [0.2, 0.25) is 0 Å². The summed E-state index contributed by atoms with van der Waals surface area (Å²) in [5.41, 5.74) is 4.29. The average molecular weight is 427 g/mol. The molecule has 0 atom stereocenters. The summed E-state index contributed by atoms with van der Waals surface area (Å²) in [5.74, 6) is 0.0296. The van der Waals surface area contributed by atoms with E-state index in [4.69, 9.17) is 0 Å². The van der Waals surface area contributed by atoms with Crippen molar-refractivity contribution in [3.8, 4) is 17.1 Å². The lowest BCUT2D eigenvalue weighted by molar-refractivity contribution is -0.115. The SMILES string of the molecule is Cc1cccc(-n2nc(CC(=O)Nc3ccc(F)cc3)cc2-c2ccc3ncnn3c2)n1. The number of fused-ring (bicyclic) bond motifs is 1. The third-order valence-corrected chi connectivity index (χ3v) is 4.89. The highest BCUT2D eigenvalue weighted by Gasteiger charge is 2.16. The van der Waals surface area contributed by atoms with Gasteiger partial charge in [-0.2, -0.15) is 10.2 Å². The quantitative estimate of drug-likeness (QED) is 0.463. The van der Waals surface area contributed by atoms with Crippen molar-refractivity contribution >= 4 is 17.2 Å². The van der Waals surface area contributed by atoms with Gasteiger partial charge in [-0.05, 0) is 61.5 Å². The average Bonchev–Trinajstić information content (AvgIpc) is 3.41. The number of nitrogens with zero attached hydrogens (tertiary/aromatic N) is 6. The standard InChI is InChI=1S/C23H18FN7O/c1-15-3-2-4-22(27-15)31-20(16-5-10-21-25-14-26-30(21)13-16)11-19(29-31)12-23(32)28-18-8-6-17(24)7-9-18/h2-11,13-14H,12H2,1H3,(H,28,32). The van der Waals surface area contributed by atoms with Gasteiger partial charge in [-0.3, -0.25) is 4.79 Å². The van der Waals surface area contributed by atoms with Crippen molar-refractivity contribution in [2.45, 2.75) is 13.3 Å². The monoisotopic (exact) mass is 427 g/mol. The lowest BCUT2D eigenvalue weighted by Gasteiger charge is -2.07. The molecule has 5 aromatic rings. The van der Waals surface area contributed by atoms with E-state index in [9.17, 15) is 9.18 Å². The predicted octanol–water partition coefficient (Wildman–Crippen LogP) is 3.61. The Labute approximate surface area is 182 Å². The Hall–Kier alpha value is -4.40. The number of halogens is 1. The molecule has 1 amide bonds. The zero-order valence-electron chi connectivity index (χ0n) is 17.1. The molecule has 0 fully saturated rings. The third kappa shape index (κ3) is 3.95. The highest BCUT2D eigenvalue weighted by molar-refractivity contribution is 5.92. The van der Waals surface area contributed by atoms with Crippen molar-refractivity contribution in [3.63, 3.8) is 0 Å². The van der Waals surface area contributed by atoms with E-state index in [2.05, 4.69) is 25.5 Å². The van der Waals surface area contributed by atoms with Crippen LogP contribution in [0.15, 0.2) is 73.2 Å². The first kappa shape index (κ1) is 19.6. The number of amides is 1. The molecule has 0 spiro atoms. The van der Waals surface area contributed by atoms with Gasteiger partial charge in [0.05, 0.1) is 17.8 Å². The summed E-state index contributed by atoms with van der Waals surface area (Å²) in [6.07, 6.45) is 3.40. The maximum Gasteiger partial charge on any atom is 0.230 e. The smallest absolute Gasteiger partial charge is 0.230 e. The lowest BCUT2D eigenvalue weighted by atomic mass is 10.1. The van der Waals surface area contributed by atoms with Crippen molar-refractivity contribution in [3.05, 3.63) is 90.4 Å². The fraction of sp³-hybridized carbons (Fsp3) is 0.0870. The van der Waals surface area contributed by atoms with Crippen LogP contribution in [0.5, 0.6) is 0 Å². The Kier molecular flexibility index (Phi) is 4.91. The van der Waals surface area contributed by atoms with Gasteiger partial charge in [-0.15, -0.1) is 0 Å². The number of hydrogen-bond acceptors (Lipinski definition) is 5. The molecule has 1 aromatic carbocycles. The molecule has 158 valence electrons. The molecular weight excluding hydrogens is 409 g/mol. The largest absolute Gasteiger partial charge is 0.326 e. The second-order valence-corrected chi connectivity index (χ2v) is 7.28. The Balaban J connectivity index is 1.50. The summed E-state index contributed by atoms with van der Waals surface area (Å²) in [7, 11) is 0. The molecule has 0 saturated carbocycles. The maximum atomic E-state index is 13.1. The fourth-order valence-corrected chi connectivity index (χ4v) is 3.41. The van der Waals surface area contributed by atoms with Gasteiger partial charge < -0.3 is 5.32 Å². The minimum atomic E-state index is -0.360. The number of hydrogen-bond donors (Lipinski definition) is 1. The van der Waals surface area contributed by atoms with E-state index >= 15 is 0 Å². The van der Waals surface area contributed by atoms with E-state index in [-0.39, 0.29) is 18.1 Å². The van der Waals surface area contributed by atoms with Gasteiger partial charge in [0.2, 0.25) is 5.91 Å². The number of benzene rings is 1. The van der Waals surface area contributed by atoms with Gasteiger partial charge in [-0.1, -0.05) is 6.07 Å². The van der Waals surface area contributed by atoms with E-state index < -0.39 is 0 Å². The number of aromatic nitrogens is 6. The summed E-state index contributed by atoms with van der Waals surface area (Å²) in [4.78, 5) is 21.3. The number of pyridine rings is 2. The molecule has 9 heteroatoms. The molecule has 0 saturated heterocycles. The van der Waals surface area contributed by atoms with Crippen LogP contribution in [0.3, 0.4) is 0 Å². The number of carbonyl (C=O) groups is 1. The summed E-state index contributed by atoms with van der Waals surface area (Å²) >= 11 is 0. The Morgan fingerprint density at radius 1 is 1.09 bits per heavy atom. The first-order valence-electron chi connectivity index (χ1n) is 9.93. The van der Waals surface area contributed by atoms with Crippen LogP contribution in [-0.4, -0.2) is 35.3 Å². The number of nitrogens with one attached hydrogen (secondary N) is 1. The first-order valence-corrected chi connectivity index (χ1v) is 9.93. The minimum absolute atomic E-state index is 0.0504. The normalized spacial score (nSPS) is 11.1. The van der Waals surface area contributed by atoms with Gasteiger partial charge >= 0.3 is 0 Å². The Morgan fingerprint density at radius 2 is 1.94 bits per heavy atom. The molecule has 4 aromatic heterocycles. The van der Waals surface area contributed by atoms with Crippen LogP contribution in [-0.2, 0) is 11.2 Å². The predicted molar refractivity (Wildman–Crippen MR) is 117 cm³/mol. The summed E-state index contributed by atoms with van der Waals surface area (Å²) in [6, 6.07) is 16.9. The zero-order valence-corrected chi connectivity index (χ0v) is 17.1. The van der Waals surface area contributed by atoms with Gasteiger partial charge in [0, 0.05) is 23.1 Å². The highest BCUT2D eigenvalue weighted by Crippen LogP contribution is 2.24. The second-order valence-electron chi connectivity index (χ2n) is 7.28. The summed E-state index contributed by atoms with van der Waals surface area (Å²) in [5, 5.41) is 11.6. The molecule has 5 rings (SSSR count). The van der Waals surface area contributed by atoms with Gasteiger partial charge in [0.25, 0.3) is 0 Å². The van der Waals surface area contributed by atoms with E-state index in [1.54, 1.807) is 9.20 Å². The summed E-state index contributed by atoms with van der Waals surface area (Å²) < 4.78 is 16.5. The third-order valence-electron chi connectivity index (χ3n) is 4.89. The van der Waals surface area contributed by atoms with E-state index in [1.807, 2.05) is 49.5 Å². The van der Waals surface area contributed by atoms with Crippen molar-refractivity contribution < 1.29 is 9.18 Å². The van der Waals surface area contributed by atoms with Crippen LogP contribution in [0.4, 0.5) is 10.1 Å². The topological polar surface area (TPSA) is 90.0 Å². The van der Waals surface area contributed by atoms with Gasteiger partial charge in [0.1, 0.15) is 12.1 Å². The zero-order chi connectivity index (χ0) is 22.1.